The van der Waals surface area contributed by atoms with Crippen LogP contribution in [0.25, 0.3) is 5.69 Å². The van der Waals surface area contributed by atoms with E-state index in [4.69, 9.17) is 11.6 Å². The highest BCUT2D eigenvalue weighted by Gasteiger charge is 2.47. The average Bonchev–Trinajstić information content (AvgIpc) is 2.82. The summed E-state index contributed by atoms with van der Waals surface area (Å²) in [7, 11) is -3.88. The first kappa shape index (κ1) is 17.3. The van der Waals surface area contributed by atoms with Crippen LogP contribution in [0.4, 0.5) is 13.2 Å². The molecule has 4 nitrogen and oxygen atoms in total. The van der Waals surface area contributed by atoms with Crippen LogP contribution < -0.4 is 0 Å². The molecule has 0 fully saturated rings. The third-order valence-electron chi connectivity index (χ3n) is 4.01. The molecule has 0 radical (unpaired) electrons. The van der Waals surface area contributed by atoms with E-state index in [1.165, 1.54) is 10.6 Å². The van der Waals surface area contributed by atoms with Crippen molar-refractivity contribution in [2.45, 2.75) is 29.8 Å². The third-order valence-corrected chi connectivity index (χ3v) is 5.35. The standard InChI is InChI=1S/C15H13ClF3NO3S/c1-24(22,23)12-7-20(10-5-8(16)4-9(17)6-10)11-2-3-15(18,19)14(21)13(11)12/h4-7,14,21H,2-3H2,1H3/t14-/m1/s1. The topological polar surface area (TPSA) is 59.3 Å². The fourth-order valence-corrected chi connectivity index (χ4v) is 4.06. The Balaban J connectivity index is 2.31. The Kier molecular flexibility index (Phi) is 3.97. The minimum absolute atomic E-state index is 0.0787. The van der Waals surface area contributed by atoms with Gasteiger partial charge in [-0.25, -0.2) is 21.6 Å². The van der Waals surface area contributed by atoms with Gasteiger partial charge < -0.3 is 9.67 Å². The zero-order valence-electron chi connectivity index (χ0n) is 12.4. The fraction of sp³-hybridized carbons (Fsp3) is 0.333. The Morgan fingerprint density at radius 1 is 1.33 bits per heavy atom. The number of aliphatic hydroxyl groups is 1. The van der Waals surface area contributed by atoms with Crippen LogP contribution in [-0.4, -0.2) is 30.3 Å². The third kappa shape index (κ3) is 2.82. The molecule has 1 aliphatic rings. The van der Waals surface area contributed by atoms with Crippen molar-refractivity contribution >= 4 is 21.4 Å². The molecule has 1 aromatic heterocycles. The van der Waals surface area contributed by atoms with Gasteiger partial charge in [0.2, 0.25) is 0 Å². The van der Waals surface area contributed by atoms with Crippen molar-refractivity contribution in [3.05, 3.63) is 46.5 Å². The number of halogens is 4. The summed E-state index contributed by atoms with van der Waals surface area (Å²) in [5.41, 5.74) is 0.0632. The van der Waals surface area contributed by atoms with Crippen LogP contribution in [0.5, 0.6) is 0 Å². The number of sulfone groups is 1. The maximum Gasteiger partial charge on any atom is 0.278 e. The molecule has 1 N–H and O–H groups in total. The first-order chi connectivity index (χ1) is 11.0. The van der Waals surface area contributed by atoms with Gasteiger partial charge in [-0.05, 0) is 24.6 Å². The van der Waals surface area contributed by atoms with Gasteiger partial charge in [-0.3, -0.25) is 0 Å². The summed E-state index contributed by atoms with van der Waals surface area (Å²) in [5, 5.41) is 10.1. The van der Waals surface area contributed by atoms with E-state index in [-0.39, 0.29) is 28.4 Å². The maximum absolute atomic E-state index is 13.8. The normalized spacial score (nSPS) is 20.0. The maximum atomic E-state index is 13.8. The number of rotatable bonds is 2. The molecular weight excluding hydrogens is 367 g/mol. The highest BCUT2D eigenvalue weighted by Crippen LogP contribution is 2.45. The number of aliphatic hydroxyl groups excluding tert-OH is 1. The van der Waals surface area contributed by atoms with Crippen LogP contribution in [0.3, 0.4) is 0 Å². The van der Waals surface area contributed by atoms with E-state index in [1.54, 1.807) is 0 Å². The molecule has 130 valence electrons. The van der Waals surface area contributed by atoms with Gasteiger partial charge in [-0.15, -0.1) is 0 Å². The van der Waals surface area contributed by atoms with Gasteiger partial charge in [-0.2, -0.15) is 0 Å². The van der Waals surface area contributed by atoms with Crippen molar-refractivity contribution in [2.24, 2.45) is 0 Å². The smallest absolute Gasteiger partial charge is 0.278 e. The first-order valence-electron chi connectivity index (χ1n) is 6.97. The number of hydrogen-bond acceptors (Lipinski definition) is 3. The molecule has 1 atom stereocenters. The largest absolute Gasteiger partial charge is 0.382 e. The zero-order valence-corrected chi connectivity index (χ0v) is 14.0. The molecule has 2 aromatic rings. The monoisotopic (exact) mass is 379 g/mol. The van der Waals surface area contributed by atoms with Gasteiger partial charge in [-0.1, -0.05) is 11.6 Å². The van der Waals surface area contributed by atoms with E-state index in [2.05, 4.69) is 0 Å². The highest BCUT2D eigenvalue weighted by molar-refractivity contribution is 7.90. The van der Waals surface area contributed by atoms with Crippen LogP contribution in [0, 0.1) is 5.82 Å². The summed E-state index contributed by atoms with van der Waals surface area (Å²) in [6, 6.07) is 3.56. The van der Waals surface area contributed by atoms with E-state index >= 15 is 0 Å². The summed E-state index contributed by atoms with van der Waals surface area (Å²) >= 11 is 5.81. The lowest BCUT2D eigenvalue weighted by atomic mass is 9.91. The molecule has 0 bridgehead atoms. The van der Waals surface area contributed by atoms with Crippen molar-refractivity contribution in [2.75, 3.05) is 6.26 Å². The molecule has 0 amide bonds. The summed E-state index contributed by atoms with van der Waals surface area (Å²) in [6.07, 6.45) is -1.06. The minimum Gasteiger partial charge on any atom is -0.382 e. The molecule has 0 aliphatic heterocycles. The van der Waals surface area contributed by atoms with Gasteiger partial charge in [0, 0.05) is 40.8 Å². The van der Waals surface area contributed by atoms with Crippen LogP contribution in [0.2, 0.25) is 5.02 Å². The van der Waals surface area contributed by atoms with Crippen LogP contribution in [0.15, 0.2) is 29.3 Å². The molecule has 3 rings (SSSR count). The molecule has 0 saturated heterocycles. The SMILES string of the molecule is CS(=O)(=O)c1cn(-c2cc(F)cc(Cl)c2)c2c1[C@@H](O)C(F)(F)CC2. The second kappa shape index (κ2) is 5.50. The minimum atomic E-state index is -3.88. The summed E-state index contributed by atoms with van der Waals surface area (Å²) in [4.78, 5) is -0.398. The lowest BCUT2D eigenvalue weighted by molar-refractivity contribution is -0.123. The zero-order chi connectivity index (χ0) is 17.9. The van der Waals surface area contributed by atoms with Crippen molar-refractivity contribution in [1.29, 1.82) is 0 Å². The Morgan fingerprint density at radius 2 is 2.00 bits per heavy atom. The number of aromatic nitrogens is 1. The van der Waals surface area contributed by atoms with Gasteiger partial charge in [0.1, 0.15) is 11.9 Å². The Hall–Kier alpha value is -1.51. The number of fused-ring (bicyclic) bond motifs is 1. The second-order valence-corrected chi connectivity index (χ2v) is 8.21. The number of alkyl halides is 2. The lowest BCUT2D eigenvalue weighted by Gasteiger charge is -2.29. The van der Waals surface area contributed by atoms with Crippen molar-refractivity contribution in [1.82, 2.24) is 4.57 Å². The molecule has 0 spiro atoms. The van der Waals surface area contributed by atoms with E-state index in [9.17, 15) is 26.7 Å². The van der Waals surface area contributed by atoms with E-state index in [0.717, 1.165) is 24.6 Å². The van der Waals surface area contributed by atoms with E-state index in [0.29, 0.717) is 0 Å². The van der Waals surface area contributed by atoms with Crippen LogP contribution in [-0.2, 0) is 16.3 Å². The van der Waals surface area contributed by atoms with Crippen molar-refractivity contribution in [3.8, 4) is 5.69 Å². The average molecular weight is 380 g/mol. The van der Waals surface area contributed by atoms with Crippen LogP contribution >= 0.6 is 11.6 Å². The predicted molar refractivity (Wildman–Crippen MR) is 82.1 cm³/mol. The Labute approximate surface area is 141 Å². The molecule has 1 aromatic carbocycles. The number of hydrogen-bond donors (Lipinski definition) is 1. The second-order valence-electron chi connectivity index (χ2n) is 5.79. The van der Waals surface area contributed by atoms with Gasteiger partial charge >= 0.3 is 0 Å². The molecule has 9 heteroatoms. The fourth-order valence-electron chi connectivity index (χ4n) is 2.92. The van der Waals surface area contributed by atoms with Gasteiger partial charge in [0.15, 0.2) is 9.84 Å². The first-order valence-corrected chi connectivity index (χ1v) is 9.24. The Bertz CT molecular complexity index is 904. The molecule has 0 saturated carbocycles. The highest BCUT2D eigenvalue weighted by atomic mass is 35.5. The number of nitrogens with zero attached hydrogens (tertiary/aromatic N) is 1. The predicted octanol–water partition coefficient (Wildman–Crippen LogP) is 3.29. The summed E-state index contributed by atoms with van der Waals surface area (Å²) in [5.74, 6) is -4.08. The summed E-state index contributed by atoms with van der Waals surface area (Å²) in [6.45, 7) is 0. The molecule has 1 aliphatic carbocycles. The lowest BCUT2D eigenvalue weighted by Crippen LogP contribution is -2.32. The van der Waals surface area contributed by atoms with Gasteiger partial charge in [0.25, 0.3) is 5.92 Å². The van der Waals surface area contributed by atoms with Crippen LogP contribution in [0.1, 0.15) is 23.8 Å². The molecular formula is C15H13ClF3NO3S. The molecule has 0 unspecified atom stereocenters. The summed E-state index contributed by atoms with van der Waals surface area (Å²) < 4.78 is 66.5. The van der Waals surface area contributed by atoms with Crippen molar-refractivity contribution in [3.63, 3.8) is 0 Å². The molecule has 1 heterocycles. The number of benzene rings is 1. The van der Waals surface area contributed by atoms with E-state index in [1.807, 2.05) is 0 Å². The quantitative estimate of drug-likeness (QED) is 0.871. The van der Waals surface area contributed by atoms with E-state index < -0.39 is 39.0 Å². The Morgan fingerprint density at radius 3 is 2.58 bits per heavy atom. The van der Waals surface area contributed by atoms with Crippen molar-refractivity contribution < 1.29 is 26.7 Å². The molecule has 24 heavy (non-hydrogen) atoms. The van der Waals surface area contributed by atoms with Gasteiger partial charge in [0.05, 0.1) is 4.90 Å².